The highest BCUT2D eigenvalue weighted by molar-refractivity contribution is 7.91. The molecule has 12 aliphatic rings. The minimum atomic E-state index is -3.93. The van der Waals surface area contributed by atoms with Crippen molar-refractivity contribution in [2.45, 2.75) is 246 Å². The Bertz CT molecular complexity index is 5070. The van der Waals surface area contributed by atoms with Gasteiger partial charge in [0.05, 0.1) is 70.9 Å². The number of hydrogen-bond acceptors (Lipinski definition) is 18. The molecule has 6 aromatic carbocycles. The molecule has 6 aliphatic carbocycles. The van der Waals surface area contributed by atoms with Crippen LogP contribution in [0.1, 0.15) is 241 Å². The Labute approximate surface area is 778 Å². The molecule has 696 valence electrons. The lowest BCUT2D eigenvalue weighted by Gasteiger charge is -2.45. The van der Waals surface area contributed by atoms with Gasteiger partial charge in [0.15, 0.2) is 0 Å². The summed E-state index contributed by atoms with van der Waals surface area (Å²) in [6, 6.07) is 34.3. The number of aryl methyl sites for hydroxylation is 3. The second-order valence-corrected chi connectivity index (χ2v) is 46.7. The maximum atomic E-state index is 13.5. The fourth-order valence-corrected chi connectivity index (χ4v) is 29.5. The second kappa shape index (κ2) is 39.5. The summed E-state index contributed by atoms with van der Waals surface area (Å²) in [7, 11) is -11.8. The Kier molecular flexibility index (Phi) is 28.9. The molecular weight excluding hydrogens is 1750 g/mol. The molecule has 6 aromatic rings. The van der Waals surface area contributed by atoms with Gasteiger partial charge >= 0.3 is 0 Å². The van der Waals surface area contributed by atoms with E-state index in [0.29, 0.717) is 131 Å². The lowest BCUT2D eigenvalue weighted by Crippen LogP contribution is -2.49. The monoisotopic (exact) mass is 1880 g/mol. The summed E-state index contributed by atoms with van der Waals surface area (Å²) in [5, 5.41) is 33.7. The SMILES string of the molecule is CCC[C@@H]1[C@@H](C)C/C=C\[C@@H](O)[C@@H]2CC[C@H]2CN2C[C@@]3(CCCc4cc(Cl)ccc43)COc3ccc(cc32)C(=O)NS1(=O)=O.CCC[C@@H]1[C@H](C)C/C=C/[C@H](O)[C@@H]2CC[C@H]2CN2C[C@@]3(CCCc4cc(Cl)ccc43)COc3ccc(cc32)C(=O)NS1(=O)=O.CCC[C@H]1[C@H](C)C/C=C\[C@@H](O)[C@@H]2CC[C@H]2CN2C[C@@]3(CCCc4cc(Cl)ccc43)COc3ccc(cc32)C(=O)NS1(=O)=O. The van der Waals surface area contributed by atoms with Crippen LogP contribution >= 0.6 is 34.8 Å². The fraction of sp³-hybridized carbons (Fsp3) is 0.559. The van der Waals surface area contributed by atoms with E-state index in [4.69, 9.17) is 49.0 Å². The van der Waals surface area contributed by atoms with E-state index in [1.165, 1.54) is 33.4 Å². The van der Waals surface area contributed by atoms with Crippen molar-refractivity contribution in [2.24, 2.45) is 53.3 Å². The second-order valence-electron chi connectivity index (χ2n) is 39.7. The van der Waals surface area contributed by atoms with Gasteiger partial charge in [-0.05, 0) is 312 Å². The Balaban J connectivity index is 0.000000142. The van der Waals surface area contributed by atoms with Crippen LogP contribution < -0.4 is 43.1 Å². The van der Waals surface area contributed by atoms with E-state index in [0.717, 1.165) is 148 Å². The van der Waals surface area contributed by atoms with Gasteiger partial charge in [-0.1, -0.05) is 150 Å². The number of anilines is 3. The van der Waals surface area contributed by atoms with Gasteiger partial charge in [0.2, 0.25) is 30.1 Å². The molecule has 27 heteroatoms. The van der Waals surface area contributed by atoms with Crippen molar-refractivity contribution < 1.29 is 69.2 Å². The number of ether oxygens (including phenoxy) is 3. The molecule has 3 saturated carbocycles. The number of hydrogen-bond donors (Lipinski definition) is 6. The predicted octanol–water partition coefficient (Wildman–Crippen LogP) is 18.1. The van der Waals surface area contributed by atoms with Crippen LogP contribution in [-0.4, -0.2) is 151 Å². The van der Waals surface area contributed by atoms with Crippen molar-refractivity contribution in [3.05, 3.63) is 211 Å². The zero-order chi connectivity index (χ0) is 91.1. The van der Waals surface area contributed by atoms with Crippen molar-refractivity contribution in [3.8, 4) is 17.2 Å². The molecule has 6 heterocycles. The van der Waals surface area contributed by atoms with Crippen molar-refractivity contribution in [1.82, 2.24) is 14.2 Å². The highest BCUT2D eigenvalue weighted by atomic mass is 35.5. The number of amides is 3. The summed E-state index contributed by atoms with van der Waals surface area (Å²) in [6.07, 6.45) is 29.4. The minimum absolute atomic E-state index is 0.127. The third-order valence-corrected chi connectivity index (χ3v) is 37.7. The van der Waals surface area contributed by atoms with Crippen LogP contribution in [-0.2, 0) is 65.6 Å². The van der Waals surface area contributed by atoms with Gasteiger partial charge in [0, 0.05) is 87.3 Å². The summed E-state index contributed by atoms with van der Waals surface area (Å²) < 4.78 is 108. The molecular formula is C102H129Cl3N6O15S3. The number of fused-ring (bicyclic) bond motifs is 12. The van der Waals surface area contributed by atoms with Gasteiger partial charge in [-0.15, -0.1) is 0 Å². The third kappa shape index (κ3) is 20.1. The van der Waals surface area contributed by atoms with E-state index < -0.39 is 81.9 Å². The maximum Gasteiger partial charge on any atom is 0.264 e. The van der Waals surface area contributed by atoms with Crippen LogP contribution in [0.25, 0.3) is 0 Å². The minimum Gasteiger partial charge on any atom is -0.490 e. The first-order chi connectivity index (χ1) is 61.8. The molecule has 0 saturated heterocycles. The molecule has 6 aliphatic heterocycles. The summed E-state index contributed by atoms with van der Waals surface area (Å²) in [5.74, 6) is 0.813. The highest BCUT2D eigenvalue weighted by Crippen LogP contribution is 2.52. The van der Waals surface area contributed by atoms with Crippen molar-refractivity contribution in [2.75, 3.05) is 73.8 Å². The van der Waals surface area contributed by atoms with Crippen LogP contribution in [0.4, 0.5) is 17.1 Å². The third-order valence-electron chi connectivity index (χ3n) is 31.1. The Morgan fingerprint density at radius 2 is 0.674 bits per heavy atom. The van der Waals surface area contributed by atoms with Crippen molar-refractivity contribution in [3.63, 3.8) is 0 Å². The number of nitrogens with one attached hydrogen (secondary N) is 3. The maximum absolute atomic E-state index is 13.5. The van der Waals surface area contributed by atoms with Crippen LogP contribution in [0.2, 0.25) is 15.1 Å². The Hall–Kier alpha value is -7.65. The van der Waals surface area contributed by atoms with E-state index >= 15 is 0 Å². The summed E-state index contributed by atoms with van der Waals surface area (Å²) in [6.45, 7) is 17.3. The molecule has 18 atom stereocenters. The van der Waals surface area contributed by atoms with Gasteiger partial charge in [-0.2, -0.15) is 0 Å². The van der Waals surface area contributed by atoms with Crippen molar-refractivity contribution in [1.29, 1.82) is 0 Å². The van der Waals surface area contributed by atoms with E-state index in [1.807, 2.05) is 96.2 Å². The average molecular weight is 1880 g/mol. The molecule has 21 nitrogen and oxygen atoms in total. The van der Waals surface area contributed by atoms with Gasteiger partial charge in [-0.25, -0.2) is 39.4 Å². The first-order valence-electron chi connectivity index (χ1n) is 47.4. The number of nitrogens with zero attached hydrogens (tertiary/aromatic N) is 3. The van der Waals surface area contributed by atoms with Crippen LogP contribution in [0, 0.1) is 53.3 Å². The normalized spacial score (nSPS) is 32.8. The average Bonchev–Trinajstić information content (AvgIpc) is 1.66. The summed E-state index contributed by atoms with van der Waals surface area (Å²) in [5.41, 5.74) is 10.0. The van der Waals surface area contributed by atoms with Gasteiger partial charge in [-0.3, -0.25) is 14.4 Å². The lowest BCUT2D eigenvalue weighted by atomic mass is 9.68. The van der Waals surface area contributed by atoms with Crippen molar-refractivity contribution >= 4 is 99.7 Å². The molecule has 18 rings (SSSR count). The quantitative estimate of drug-likeness (QED) is 0.0845. The number of carbonyl (C=O) groups is 3. The van der Waals surface area contributed by atoms with Gasteiger partial charge in [0.25, 0.3) is 17.7 Å². The van der Waals surface area contributed by atoms with Crippen LogP contribution in [0.5, 0.6) is 17.2 Å². The molecule has 3 amide bonds. The topological polar surface area (TPSA) is 288 Å². The fourth-order valence-electron chi connectivity index (χ4n) is 23.5. The first-order valence-corrected chi connectivity index (χ1v) is 53.2. The number of aliphatic hydroxyl groups is 3. The molecule has 0 unspecified atom stereocenters. The number of halogens is 3. The highest BCUT2D eigenvalue weighted by Gasteiger charge is 2.50. The molecule has 6 bridgehead atoms. The Morgan fingerprint density at radius 3 is 0.930 bits per heavy atom. The standard InChI is InChI=1S/3C34H43ClN2O5S/c3*1-3-6-32-22(2)7-4-9-30(38)27-13-10-25(27)19-37-20-34(16-5-8-23-17-26(35)12-14-28(23)34)21-42-31-15-11-24(18-29(31)37)33(39)36-43(32,40)41/h3*4,9,11-12,14-15,17-18,22,25,27,30,32,38H,3,5-8,10,13,16,19-21H2,1-2H3,(H,36,39)/b9-4+;2*9-4-/t22-,25+,27-,30+,32-,34+;22-,25+,27-,30-,32+,34+;22-,25-,27+,30+,32+,34-/m110/s1. The molecule has 3 fully saturated rings. The smallest absolute Gasteiger partial charge is 0.264 e. The zero-order valence-electron chi connectivity index (χ0n) is 75.3. The molecule has 129 heavy (non-hydrogen) atoms. The molecule has 6 N–H and O–H groups in total. The van der Waals surface area contributed by atoms with E-state index in [-0.39, 0.29) is 69.5 Å². The first kappa shape index (κ1) is 94.5. The van der Waals surface area contributed by atoms with E-state index in [1.54, 1.807) is 54.6 Å². The zero-order valence-corrected chi connectivity index (χ0v) is 80.0. The summed E-state index contributed by atoms with van der Waals surface area (Å²) >= 11 is 19.2. The van der Waals surface area contributed by atoms with Gasteiger partial charge in [0.1, 0.15) is 17.2 Å². The number of rotatable bonds is 6. The molecule has 0 aromatic heterocycles. The number of sulfonamides is 3. The molecule has 3 spiro atoms. The number of benzene rings is 6. The largest absolute Gasteiger partial charge is 0.490 e. The number of carbonyl (C=O) groups excluding carboxylic acids is 3. The number of aliphatic hydroxyl groups excluding tert-OH is 3. The Morgan fingerprint density at radius 1 is 0.395 bits per heavy atom. The molecule has 0 radical (unpaired) electrons. The van der Waals surface area contributed by atoms with Crippen LogP contribution in [0.15, 0.2) is 146 Å². The number of allylic oxidation sites excluding steroid dienone is 3. The lowest BCUT2D eigenvalue weighted by molar-refractivity contribution is 0.0454. The predicted molar refractivity (Wildman–Crippen MR) is 511 cm³/mol. The van der Waals surface area contributed by atoms with E-state index in [2.05, 4.69) is 65.3 Å². The van der Waals surface area contributed by atoms with Crippen LogP contribution in [0.3, 0.4) is 0 Å². The summed E-state index contributed by atoms with van der Waals surface area (Å²) in [4.78, 5) is 47.5. The van der Waals surface area contributed by atoms with E-state index in [9.17, 15) is 55.0 Å². The van der Waals surface area contributed by atoms with Gasteiger partial charge < -0.3 is 44.2 Å².